The first-order chi connectivity index (χ1) is 13.0. The Balaban J connectivity index is 2.06. The van der Waals surface area contributed by atoms with Crippen molar-refractivity contribution in [2.24, 2.45) is 0 Å². The molecule has 2 unspecified atom stereocenters. The average molecular weight is 366 g/mol. The summed E-state index contributed by atoms with van der Waals surface area (Å²) in [6.07, 6.45) is 2.29. The molecule has 1 fully saturated rings. The van der Waals surface area contributed by atoms with Crippen molar-refractivity contribution < 1.29 is 14.7 Å². The number of carboxylic acids is 1. The lowest BCUT2D eigenvalue weighted by Crippen LogP contribution is -2.32. The molecule has 0 radical (unpaired) electrons. The van der Waals surface area contributed by atoms with E-state index in [4.69, 9.17) is 5.11 Å². The number of benzene rings is 2. The summed E-state index contributed by atoms with van der Waals surface area (Å²) < 4.78 is 0. The summed E-state index contributed by atoms with van der Waals surface area (Å²) in [7, 11) is 0. The lowest BCUT2D eigenvalue weighted by molar-refractivity contribution is -0.121. The highest BCUT2D eigenvalue weighted by atomic mass is 16.4. The van der Waals surface area contributed by atoms with Crippen LogP contribution in [0.5, 0.6) is 0 Å². The van der Waals surface area contributed by atoms with Crippen molar-refractivity contribution in [1.29, 1.82) is 0 Å². The third-order valence-corrected chi connectivity index (χ3v) is 5.21. The third-order valence-electron chi connectivity index (χ3n) is 5.21. The van der Waals surface area contributed by atoms with Gasteiger partial charge in [0.2, 0.25) is 5.91 Å². The maximum absolute atomic E-state index is 13.0. The maximum Gasteiger partial charge on any atom is 0.335 e. The molecule has 2 aromatic rings. The Labute approximate surface area is 160 Å². The molecule has 5 heteroatoms. The molecule has 1 aliphatic rings. The van der Waals surface area contributed by atoms with E-state index in [0.717, 1.165) is 36.2 Å². The van der Waals surface area contributed by atoms with E-state index in [1.165, 1.54) is 0 Å². The van der Waals surface area contributed by atoms with Gasteiger partial charge < -0.3 is 15.3 Å². The quantitative estimate of drug-likeness (QED) is 0.819. The van der Waals surface area contributed by atoms with E-state index in [1.54, 1.807) is 24.3 Å². The standard InChI is InChI=1S/C22H26N2O3/c1-3-23-21(25)20(16-10-12-17(13-11-16)22(26)27)18-8-4-5-9-19(18)24-14-6-7-15(24)2/h4-5,8-13,15,20H,3,6-7,14H2,1-2H3,(H,23,25)(H,26,27). The van der Waals surface area contributed by atoms with E-state index < -0.39 is 11.9 Å². The van der Waals surface area contributed by atoms with Crippen LogP contribution >= 0.6 is 0 Å². The van der Waals surface area contributed by atoms with E-state index in [9.17, 15) is 9.59 Å². The fourth-order valence-corrected chi connectivity index (χ4v) is 3.85. The molecule has 0 aromatic heterocycles. The SMILES string of the molecule is CCNC(=O)C(c1ccc(C(=O)O)cc1)c1ccccc1N1CCCC1C. The van der Waals surface area contributed by atoms with Crippen molar-refractivity contribution in [3.8, 4) is 0 Å². The van der Waals surface area contributed by atoms with E-state index >= 15 is 0 Å². The van der Waals surface area contributed by atoms with Crippen LogP contribution in [0.1, 0.15) is 54.1 Å². The highest BCUT2D eigenvalue weighted by Gasteiger charge is 2.29. The summed E-state index contributed by atoms with van der Waals surface area (Å²) in [6.45, 7) is 5.65. The van der Waals surface area contributed by atoms with Crippen LogP contribution in [0.3, 0.4) is 0 Å². The highest BCUT2D eigenvalue weighted by molar-refractivity contribution is 5.90. The Bertz CT molecular complexity index is 817. The molecule has 142 valence electrons. The minimum atomic E-state index is -0.970. The molecule has 0 aliphatic carbocycles. The number of hydrogen-bond donors (Lipinski definition) is 2. The predicted molar refractivity (Wildman–Crippen MR) is 106 cm³/mol. The number of likely N-dealkylation sites (N-methyl/N-ethyl adjacent to an activating group) is 1. The predicted octanol–water partition coefficient (Wildman–Crippen LogP) is 3.64. The number of nitrogens with one attached hydrogen (secondary N) is 1. The van der Waals surface area contributed by atoms with Crippen molar-refractivity contribution in [3.05, 3.63) is 65.2 Å². The van der Waals surface area contributed by atoms with Crippen LogP contribution in [0.4, 0.5) is 5.69 Å². The van der Waals surface area contributed by atoms with Gasteiger partial charge in [0.25, 0.3) is 0 Å². The van der Waals surface area contributed by atoms with Crippen LogP contribution in [0.2, 0.25) is 0 Å². The van der Waals surface area contributed by atoms with Crippen LogP contribution in [-0.2, 0) is 4.79 Å². The molecule has 0 bridgehead atoms. The molecule has 0 saturated carbocycles. The van der Waals surface area contributed by atoms with Crippen LogP contribution in [0, 0.1) is 0 Å². The number of anilines is 1. The Morgan fingerprint density at radius 2 is 1.89 bits per heavy atom. The van der Waals surface area contributed by atoms with E-state index in [1.807, 2.05) is 25.1 Å². The summed E-state index contributed by atoms with van der Waals surface area (Å²) in [5.41, 5.74) is 3.06. The van der Waals surface area contributed by atoms with Crippen molar-refractivity contribution in [1.82, 2.24) is 5.32 Å². The molecule has 1 heterocycles. The second-order valence-electron chi connectivity index (χ2n) is 7.00. The number of amides is 1. The molecule has 1 amide bonds. The number of carbonyl (C=O) groups excluding carboxylic acids is 1. The Morgan fingerprint density at radius 3 is 2.48 bits per heavy atom. The first kappa shape index (κ1) is 19.0. The summed E-state index contributed by atoms with van der Waals surface area (Å²) >= 11 is 0. The normalized spacial score (nSPS) is 17.6. The molecule has 27 heavy (non-hydrogen) atoms. The van der Waals surface area contributed by atoms with Crippen LogP contribution in [0.15, 0.2) is 48.5 Å². The zero-order valence-corrected chi connectivity index (χ0v) is 15.8. The Kier molecular flexibility index (Phi) is 5.79. The van der Waals surface area contributed by atoms with E-state index in [0.29, 0.717) is 12.6 Å². The number of hydrogen-bond acceptors (Lipinski definition) is 3. The van der Waals surface area contributed by atoms with Gasteiger partial charge in [-0.05, 0) is 56.0 Å². The maximum atomic E-state index is 13.0. The third kappa shape index (κ3) is 3.97. The molecule has 1 aliphatic heterocycles. The number of carbonyl (C=O) groups is 2. The van der Waals surface area contributed by atoms with E-state index in [2.05, 4.69) is 23.2 Å². The monoisotopic (exact) mass is 366 g/mol. The molecular formula is C22H26N2O3. The van der Waals surface area contributed by atoms with Gasteiger partial charge in [0, 0.05) is 24.8 Å². The lowest BCUT2D eigenvalue weighted by Gasteiger charge is -2.29. The van der Waals surface area contributed by atoms with Gasteiger partial charge in [-0.25, -0.2) is 4.79 Å². The first-order valence-corrected chi connectivity index (χ1v) is 9.49. The van der Waals surface area contributed by atoms with Gasteiger partial charge in [-0.1, -0.05) is 30.3 Å². The van der Waals surface area contributed by atoms with Crippen molar-refractivity contribution >= 4 is 17.6 Å². The summed E-state index contributed by atoms with van der Waals surface area (Å²) in [5.74, 6) is -1.51. The fraction of sp³-hybridized carbons (Fsp3) is 0.364. The molecule has 2 aromatic carbocycles. The van der Waals surface area contributed by atoms with Crippen LogP contribution in [0.25, 0.3) is 0 Å². The second-order valence-corrected chi connectivity index (χ2v) is 7.00. The molecule has 2 N–H and O–H groups in total. The molecule has 1 saturated heterocycles. The van der Waals surface area contributed by atoms with Crippen molar-refractivity contribution in [2.45, 2.75) is 38.6 Å². The van der Waals surface area contributed by atoms with Gasteiger partial charge in [-0.15, -0.1) is 0 Å². The zero-order chi connectivity index (χ0) is 19.4. The minimum Gasteiger partial charge on any atom is -0.478 e. The van der Waals surface area contributed by atoms with Crippen LogP contribution in [-0.4, -0.2) is 36.1 Å². The van der Waals surface area contributed by atoms with Gasteiger partial charge in [-0.3, -0.25) is 4.79 Å². The Morgan fingerprint density at radius 1 is 1.19 bits per heavy atom. The number of rotatable bonds is 6. The van der Waals surface area contributed by atoms with Gasteiger partial charge in [0.15, 0.2) is 0 Å². The van der Waals surface area contributed by atoms with Gasteiger partial charge in [-0.2, -0.15) is 0 Å². The number of carboxylic acid groups (broad SMARTS) is 1. The Hall–Kier alpha value is -2.82. The highest BCUT2D eigenvalue weighted by Crippen LogP contribution is 2.36. The van der Waals surface area contributed by atoms with E-state index in [-0.39, 0.29) is 11.5 Å². The average Bonchev–Trinajstić information content (AvgIpc) is 3.09. The molecular weight excluding hydrogens is 340 g/mol. The van der Waals surface area contributed by atoms with Gasteiger partial charge >= 0.3 is 5.97 Å². The van der Waals surface area contributed by atoms with Crippen molar-refractivity contribution in [2.75, 3.05) is 18.0 Å². The van der Waals surface area contributed by atoms with Crippen LogP contribution < -0.4 is 10.2 Å². The zero-order valence-electron chi connectivity index (χ0n) is 15.8. The first-order valence-electron chi connectivity index (χ1n) is 9.49. The summed E-state index contributed by atoms with van der Waals surface area (Å²) in [6, 6.07) is 15.1. The number of para-hydroxylation sites is 1. The largest absolute Gasteiger partial charge is 0.478 e. The molecule has 5 nitrogen and oxygen atoms in total. The summed E-state index contributed by atoms with van der Waals surface area (Å²) in [5, 5.41) is 12.1. The lowest BCUT2D eigenvalue weighted by atomic mass is 9.88. The van der Waals surface area contributed by atoms with Gasteiger partial charge in [0.1, 0.15) is 0 Å². The molecule has 2 atom stereocenters. The second kappa shape index (κ2) is 8.25. The molecule has 3 rings (SSSR count). The topological polar surface area (TPSA) is 69.6 Å². The number of aromatic carboxylic acids is 1. The smallest absolute Gasteiger partial charge is 0.335 e. The minimum absolute atomic E-state index is 0.0696. The number of nitrogens with zero attached hydrogens (tertiary/aromatic N) is 1. The van der Waals surface area contributed by atoms with Gasteiger partial charge in [0.05, 0.1) is 11.5 Å². The summed E-state index contributed by atoms with van der Waals surface area (Å²) in [4.78, 5) is 26.5. The fourth-order valence-electron chi connectivity index (χ4n) is 3.85. The van der Waals surface area contributed by atoms with Crippen molar-refractivity contribution in [3.63, 3.8) is 0 Å². The molecule has 0 spiro atoms.